The van der Waals surface area contributed by atoms with E-state index in [4.69, 9.17) is 4.29 Å². The fourth-order valence-electron chi connectivity index (χ4n) is 0. The van der Waals surface area contributed by atoms with E-state index in [9.17, 15) is 0 Å². The third kappa shape index (κ3) is 41.3. The van der Waals surface area contributed by atoms with Crippen molar-refractivity contribution in [3.8, 4) is 0 Å². The van der Waals surface area contributed by atoms with E-state index in [1.165, 1.54) is 0 Å². The Kier molecular flexibility index (Phi) is 0.478. The highest BCUT2D eigenvalue weighted by Crippen LogP contribution is 2.11. The summed E-state index contributed by atoms with van der Waals surface area (Å²) < 4.78 is 18.0. The van der Waals surface area contributed by atoms with Crippen LogP contribution in [0.4, 0.5) is 0 Å². The lowest BCUT2D eigenvalue weighted by atomic mass is 15.8. The molecule has 0 spiro atoms. The highest BCUT2D eigenvalue weighted by Gasteiger charge is 1.76. The highest BCUT2D eigenvalue weighted by atomic mass is 31.2. The Bertz CT molecular complexity index is 31.7. The maximum absolute atomic E-state index is 6.00. The maximum Gasteiger partial charge on any atom is 0.324 e. The largest absolute Gasteiger partial charge is 0.328 e. The Morgan fingerprint density at radius 3 is 2.00 bits per heavy atom. The molecule has 4 heavy (non-hydrogen) atoms. The van der Waals surface area contributed by atoms with Crippen LogP contribution in [0.2, 0.25) is 0 Å². The van der Waals surface area contributed by atoms with E-state index in [1.54, 1.807) is 0 Å². The molecule has 0 aliphatic carbocycles. The molecule has 4 heteroatoms. The zero-order valence-corrected chi connectivity index (χ0v) is 2.57. The molecule has 0 heterocycles. The van der Waals surface area contributed by atoms with E-state index in [1.807, 2.05) is 0 Å². The minimum atomic E-state index is -2.05. The van der Waals surface area contributed by atoms with E-state index in [2.05, 4.69) is 14.7 Å². The first-order valence-electron chi connectivity index (χ1n) is 1.77. The van der Waals surface area contributed by atoms with Gasteiger partial charge in [0.2, 0.25) is 4.29 Å². The molecule has 0 aromatic heterocycles. The van der Waals surface area contributed by atoms with Gasteiger partial charge in [-0.05, 0) is 0 Å². The highest BCUT2D eigenvalue weighted by molar-refractivity contribution is 7.38. The predicted octanol–water partition coefficient (Wildman–Crippen LogP) is -0.810. The normalized spacial score (nSPS) is 18.8. The molecule has 0 saturated carbocycles. The van der Waals surface area contributed by atoms with Crippen LogP contribution in [0.25, 0.3) is 0 Å². The molecule has 0 aliphatic heterocycles. The van der Waals surface area contributed by atoms with E-state index >= 15 is 0 Å². The molecule has 0 rings (SSSR count). The van der Waals surface area contributed by atoms with Gasteiger partial charge in [0.05, 0.1) is 0 Å². The van der Waals surface area contributed by atoms with Gasteiger partial charge in [-0.15, -0.1) is 0 Å². The minimum absolute atomic E-state index is 2.05. The Balaban J connectivity index is 2.99. The summed E-state index contributed by atoms with van der Waals surface area (Å²) in [5.41, 5.74) is 0. The summed E-state index contributed by atoms with van der Waals surface area (Å²) in [5, 5.41) is 0. The van der Waals surface area contributed by atoms with Crippen molar-refractivity contribution in [2.75, 3.05) is 0 Å². The van der Waals surface area contributed by atoms with E-state index in [0.29, 0.717) is 0 Å². The fraction of sp³-hybridized carbons (Fsp3) is 0. The van der Waals surface area contributed by atoms with Crippen LogP contribution in [-0.2, 0) is 0 Å². The second kappa shape index (κ2) is 1.61. The van der Waals surface area contributed by atoms with Crippen molar-refractivity contribution in [1.82, 2.24) is 0 Å². The predicted molar refractivity (Wildman–Crippen MR) is 13.6 cm³/mol. The standard InChI is InChI=1S/H3O3P/c1-4(2)3/h1-3H/i1T,2T,3T. The van der Waals surface area contributed by atoms with Gasteiger partial charge in [0.25, 0.3) is 0 Å². The summed E-state index contributed by atoms with van der Waals surface area (Å²) >= 11 is 0. The van der Waals surface area contributed by atoms with Gasteiger partial charge in [-0.2, -0.15) is 0 Å². The summed E-state index contributed by atoms with van der Waals surface area (Å²) in [6, 6.07) is 0. The first kappa shape index (κ1) is 1.19. The molecule has 3 nitrogen and oxygen atoms in total. The molecular formula is H3O3P. The van der Waals surface area contributed by atoms with Gasteiger partial charge in [0.1, 0.15) is 0 Å². The lowest BCUT2D eigenvalue weighted by Crippen LogP contribution is -1.54. The van der Waals surface area contributed by atoms with Gasteiger partial charge < -0.3 is 14.7 Å². The zero-order valence-electron chi connectivity index (χ0n) is 4.67. The van der Waals surface area contributed by atoms with Crippen LogP contribution in [0.3, 0.4) is 0 Å². The molecule has 0 saturated heterocycles. The second-order valence-corrected chi connectivity index (χ2v) is 0.671. The van der Waals surface area contributed by atoms with Crippen LogP contribution in [0.1, 0.15) is 0 Å². The van der Waals surface area contributed by atoms with Crippen molar-refractivity contribution in [2.24, 2.45) is 0 Å². The van der Waals surface area contributed by atoms with Crippen molar-refractivity contribution in [1.29, 1.82) is 4.29 Å². The van der Waals surface area contributed by atoms with Gasteiger partial charge in [0, 0.05) is 0 Å². The number of hydrogen-bond donors (Lipinski definition) is 3. The monoisotopic (exact) mass is 88.0 g/mol. The third-order valence-corrected chi connectivity index (χ3v) is 0. The lowest BCUT2D eigenvalue weighted by molar-refractivity contribution is 0.368. The number of rotatable bonds is 3. The average Bonchev–Trinajstić information content (AvgIpc) is 1.72. The van der Waals surface area contributed by atoms with Gasteiger partial charge in [-0.3, -0.25) is 0 Å². The van der Waals surface area contributed by atoms with Crippen molar-refractivity contribution in [2.45, 2.75) is 0 Å². The summed E-state index contributed by atoms with van der Waals surface area (Å²) in [6.07, 6.45) is 0. The van der Waals surface area contributed by atoms with Gasteiger partial charge in [-0.25, -0.2) is 0 Å². The van der Waals surface area contributed by atoms with E-state index in [0.717, 1.165) is 0 Å². The molecule has 0 atom stereocenters. The van der Waals surface area contributed by atoms with Crippen LogP contribution < -0.4 is 0 Å². The van der Waals surface area contributed by atoms with E-state index in [-0.39, 0.29) is 0 Å². The number of hydrogen-bond acceptors (Lipinski definition) is 3. The Labute approximate surface area is 29.0 Å². The molecule has 26 valence electrons. The average molecular weight is 88.0 g/mol. The summed E-state index contributed by atoms with van der Waals surface area (Å²) in [4.78, 5) is 10.6. The first-order chi connectivity index (χ1) is 3.35. The van der Waals surface area contributed by atoms with Gasteiger partial charge in [0.15, 0.2) is 0 Å². The van der Waals surface area contributed by atoms with Crippen molar-refractivity contribution < 1.29 is 14.7 Å². The van der Waals surface area contributed by atoms with Gasteiger partial charge >= 0.3 is 8.60 Å². The molecule has 0 bridgehead atoms. The van der Waals surface area contributed by atoms with E-state index < -0.39 is 8.60 Å². The van der Waals surface area contributed by atoms with Crippen molar-refractivity contribution >= 4 is 8.60 Å². The summed E-state index contributed by atoms with van der Waals surface area (Å²) in [5.74, 6) is 0. The smallest absolute Gasteiger partial charge is 0.324 e. The van der Waals surface area contributed by atoms with Gasteiger partial charge in [-0.1, -0.05) is 0 Å². The molecule has 0 aromatic carbocycles. The topological polar surface area (TPSA) is 60.7 Å². The summed E-state index contributed by atoms with van der Waals surface area (Å²) in [6.45, 7) is 0. The van der Waals surface area contributed by atoms with Crippen LogP contribution in [-0.4, -0.2) is 19.0 Å². The molecule has 0 amide bonds. The molecule has 0 unspecified atom stereocenters. The van der Waals surface area contributed by atoms with Crippen molar-refractivity contribution in [3.63, 3.8) is 0 Å². The summed E-state index contributed by atoms with van der Waals surface area (Å²) in [7, 11) is -2.05. The Morgan fingerprint density at radius 1 is 1.50 bits per heavy atom. The molecule has 0 fully saturated rings. The van der Waals surface area contributed by atoms with Crippen LogP contribution in [0.5, 0.6) is 0 Å². The molecule has 0 radical (unpaired) electrons. The first-order valence-corrected chi connectivity index (χ1v) is 1.64. The van der Waals surface area contributed by atoms with Crippen LogP contribution >= 0.6 is 8.60 Å². The maximum atomic E-state index is 6.00. The van der Waals surface area contributed by atoms with Crippen molar-refractivity contribution in [3.05, 3.63) is 0 Å². The van der Waals surface area contributed by atoms with Crippen LogP contribution in [0.15, 0.2) is 0 Å². The molecule has 0 aromatic rings. The molecular weight excluding hydrogens is 79.0 g/mol. The second-order valence-electron chi connectivity index (χ2n) is 0.224. The third-order valence-electron chi connectivity index (χ3n) is 0. The molecule has 0 aliphatic rings. The minimum Gasteiger partial charge on any atom is -0.328 e. The zero-order chi connectivity index (χ0) is 5.70. The molecule has 3 N–H and O–H groups in total. The lowest BCUT2D eigenvalue weighted by Gasteiger charge is -1.76. The Hall–Kier alpha value is 0.310. The fourth-order valence-corrected chi connectivity index (χ4v) is 0. The SMILES string of the molecule is [3H]OP(O[3H])O[3H]. The quantitative estimate of drug-likeness (QED) is 0.395. The van der Waals surface area contributed by atoms with Crippen LogP contribution in [0, 0.1) is 0 Å². The Morgan fingerprint density at radius 2 is 2.00 bits per heavy atom.